The van der Waals surface area contributed by atoms with Crippen LogP contribution in [0.3, 0.4) is 0 Å². The van der Waals surface area contributed by atoms with Crippen molar-refractivity contribution in [2.75, 3.05) is 20.2 Å². The molecule has 5 rings (SSSR count). The molecular weight excluding hydrogens is 631 g/mol. The Morgan fingerprint density at radius 3 is 1.89 bits per heavy atom. The Labute approximate surface area is 267 Å². The summed E-state index contributed by atoms with van der Waals surface area (Å²) in [5.41, 5.74) is -4.16. The van der Waals surface area contributed by atoms with Gasteiger partial charge in [0.25, 0.3) is 0 Å². The van der Waals surface area contributed by atoms with E-state index in [1.807, 2.05) is 6.07 Å². The first-order valence-corrected chi connectivity index (χ1v) is 15.4. The zero-order valence-electron chi connectivity index (χ0n) is 25.5. The van der Waals surface area contributed by atoms with Crippen molar-refractivity contribution in [3.05, 3.63) is 106 Å². The van der Waals surface area contributed by atoms with Crippen LogP contribution in [-0.4, -0.2) is 43.1 Å². The molecule has 0 spiro atoms. The van der Waals surface area contributed by atoms with E-state index in [9.17, 15) is 40.3 Å². The van der Waals surface area contributed by atoms with Gasteiger partial charge in [0, 0.05) is 11.6 Å². The molecule has 0 radical (unpaired) electrons. The number of rotatable bonds is 7. The monoisotopic (exact) mass is 665 g/mol. The fraction of sp³-hybridized carbons (Fsp3) is 0.429. The summed E-state index contributed by atoms with van der Waals surface area (Å²) in [5.74, 6) is -2.39. The van der Waals surface area contributed by atoms with E-state index in [1.165, 1.54) is 6.07 Å². The minimum atomic E-state index is -5.17. The zero-order chi connectivity index (χ0) is 34.0. The van der Waals surface area contributed by atoms with Gasteiger partial charge in [-0.15, -0.1) is 0 Å². The van der Waals surface area contributed by atoms with Gasteiger partial charge in [-0.05, 0) is 92.9 Å². The van der Waals surface area contributed by atoms with Crippen LogP contribution in [-0.2, 0) is 36.8 Å². The van der Waals surface area contributed by atoms with Gasteiger partial charge in [0.15, 0.2) is 0 Å². The van der Waals surface area contributed by atoms with Gasteiger partial charge >= 0.3 is 24.3 Å². The van der Waals surface area contributed by atoms with Crippen molar-refractivity contribution < 1.29 is 49.8 Å². The maximum atomic E-state index is 14.4. The average molecular weight is 666 g/mol. The molecule has 0 bridgehead atoms. The fourth-order valence-electron chi connectivity index (χ4n) is 6.92. The molecule has 5 nitrogen and oxygen atoms in total. The molecule has 1 unspecified atom stereocenters. The third-order valence-electron chi connectivity index (χ3n) is 9.47. The first-order valence-electron chi connectivity index (χ1n) is 15.4. The topological polar surface area (TPSA) is 55.8 Å². The summed E-state index contributed by atoms with van der Waals surface area (Å²) >= 11 is 0. The van der Waals surface area contributed by atoms with Gasteiger partial charge in [-0.2, -0.15) is 26.3 Å². The number of ether oxygens (including phenoxy) is 2. The highest BCUT2D eigenvalue weighted by Gasteiger charge is 2.48. The minimum Gasteiger partial charge on any atom is -0.466 e. The molecule has 1 heterocycles. The van der Waals surface area contributed by atoms with Gasteiger partial charge in [-0.1, -0.05) is 48.5 Å². The molecule has 1 saturated carbocycles. The van der Waals surface area contributed by atoms with E-state index in [4.69, 9.17) is 4.74 Å². The Bertz CT molecular complexity index is 1530. The van der Waals surface area contributed by atoms with E-state index in [0.717, 1.165) is 33.0 Å². The van der Waals surface area contributed by atoms with Crippen LogP contribution in [0.5, 0.6) is 0 Å². The van der Waals surface area contributed by atoms with Crippen molar-refractivity contribution in [3.63, 3.8) is 0 Å². The molecule has 1 aliphatic heterocycles. The summed E-state index contributed by atoms with van der Waals surface area (Å²) in [6, 6.07) is 16.1. The number of hydrogen-bond donors (Lipinski definition) is 0. The summed E-state index contributed by atoms with van der Waals surface area (Å²) in [4.78, 5) is 29.2. The van der Waals surface area contributed by atoms with E-state index < -0.39 is 52.5 Å². The second-order valence-corrected chi connectivity index (χ2v) is 12.2. The normalized spacial score (nSPS) is 22.0. The van der Waals surface area contributed by atoms with Crippen molar-refractivity contribution in [1.82, 2.24) is 4.90 Å². The highest BCUT2D eigenvalue weighted by Crippen LogP contribution is 2.45. The minimum absolute atomic E-state index is 0.0639. The molecule has 3 aromatic rings. The number of benzene rings is 3. The van der Waals surface area contributed by atoms with Gasteiger partial charge in [-0.25, -0.2) is 9.18 Å². The van der Waals surface area contributed by atoms with Gasteiger partial charge in [0.2, 0.25) is 6.10 Å². The third kappa shape index (κ3) is 7.47. The Balaban J connectivity index is 1.38. The number of methoxy groups -OCH3 is 1. The number of carbonyl (C=O) groups excluding carboxylic acids is 2. The Morgan fingerprint density at radius 1 is 0.809 bits per heavy atom. The smallest absolute Gasteiger partial charge is 0.416 e. The van der Waals surface area contributed by atoms with Crippen molar-refractivity contribution in [2.24, 2.45) is 0 Å². The first-order chi connectivity index (χ1) is 22.2. The molecule has 3 aromatic carbocycles. The quantitative estimate of drug-likeness (QED) is 0.188. The molecule has 2 fully saturated rings. The average Bonchev–Trinajstić information content (AvgIpc) is 3.06. The fourth-order valence-corrected chi connectivity index (χ4v) is 6.92. The number of likely N-dealkylation sites (tertiary alicyclic amines) is 1. The highest BCUT2D eigenvalue weighted by atomic mass is 19.4. The summed E-state index contributed by atoms with van der Waals surface area (Å²) in [7, 11) is 0.898. The van der Waals surface area contributed by atoms with Crippen molar-refractivity contribution in [3.8, 4) is 0 Å². The van der Waals surface area contributed by atoms with E-state index in [0.29, 0.717) is 36.1 Å². The van der Waals surface area contributed by atoms with Crippen LogP contribution in [0.2, 0.25) is 0 Å². The number of esters is 2. The maximum absolute atomic E-state index is 14.4. The largest absolute Gasteiger partial charge is 0.466 e. The molecule has 0 amide bonds. The first kappa shape index (κ1) is 34.4. The van der Waals surface area contributed by atoms with Gasteiger partial charge in [0.05, 0.1) is 23.7 Å². The highest BCUT2D eigenvalue weighted by molar-refractivity contribution is 5.87. The lowest BCUT2D eigenvalue weighted by molar-refractivity contribution is -0.172. The molecule has 12 heteroatoms. The van der Waals surface area contributed by atoms with Crippen molar-refractivity contribution in [2.45, 2.75) is 74.4 Å². The Hall–Kier alpha value is -3.93. The van der Waals surface area contributed by atoms with E-state index in [1.54, 1.807) is 42.5 Å². The molecular formula is C35H34F7NO4. The predicted octanol–water partition coefficient (Wildman–Crippen LogP) is 8.38. The van der Waals surface area contributed by atoms with Crippen molar-refractivity contribution >= 4 is 11.9 Å². The molecule has 0 N–H and O–H groups in total. The van der Waals surface area contributed by atoms with Crippen LogP contribution < -0.4 is 0 Å². The van der Waals surface area contributed by atoms with Crippen LogP contribution in [0.1, 0.15) is 78.4 Å². The second-order valence-electron chi connectivity index (χ2n) is 12.2. The van der Waals surface area contributed by atoms with E-state index in [-0.39, 0.29) is 36.7 Å². The lowest BCUT2D eigenvalue weighted by Crippen LogP contribution is -2.48. The molecule has 1 saturated heterocycles. The number of piperidine rings is 1. The molecule has 1 aliphatic carbocycles. The van der Waals surface area contributed by atoms with Crippen LogP contribution >= 0.6 is 0 Å². The zero-order valence-corrected chi connectivity index (χ0v) is 25.5. The van der Waals surface area contributed by atoms with Gasteiger partial charge < -0.3 is 14.4 Å². The molecule has 2 aliphatic rings. The number of nitrogens with zero attached hydrogens (tertiary/aromatic N) is 1. The standard InChI is InChI=1S/C35H34F7NO4/c1-46-31(44)30(23-19-25(34(37,38)39)21-26(20-23)35(40,41)42)47-32(45)33(24-7-3-2-4-8-24)15-11-27(12-16-33)43-17-13-22(14-18-43)28-9-5-6-10-29(28)36/h2-10,19-22,27,30H,11-18H2,1H3. The maximum Gasteiger partial charge on any atom is 0.416 e. The molecule has 47 heavy (non-hydrogen) atoms. The number of alkyl halides is 6. The van der Waals surface area contributed by atoms with Crippen LogP contribution in [0, 0.1) is 5.82 Å². The summed E-state index contributed by atoms with van der Waals surface area (Å²) in [6.07, 6.45) is -9.38. The Morgan fingerprint density at radius 2 is 1.36 bits per heavy atom. The lowest BCUT2D eigenvalue weighted by Gasteiger charge is -2.44. The second kappa shape index (κ2) is 13.7. The lowest BCUT2D eigenvalue weighted by atomic mass is 9.67. The summed E-state index contributed by atoms with van der Waals surface area (Å²) in [5, 5.41) is 0. The van der Waals surface area contributed by atoms with Crippen LogP contribution in [0.4, 0.5) is 30.7 Å². The van der Waals surface area contributed by atoms with Gasteiger partial charge in [-0.3, -0.25) is 4.79 Å². The van der Waals surface area contributed by atoms with Crippen molar-refractivity contribution in [1.29, 1.82) is 0 Å². The summed E-state index contributed by atoms with van der Waals surface area (Å²) in [6.45, 7) is 1.46. The number of carbonyl (C=O) groups is 2. The van der Waals surface area contributed by atoms with E-state index in [2.05, 4.69) is 9.64 Å². The molecule has 252 valence electrons. The predicted molar refractivity (Wildman–Crippen MR) is 158 cm³/mol. The van der Waals surface area contributed by atoms with Crippen LogP contribution in [0.15, 0.2) is 72.8 Å². The third-order valence-corrected chi connectivity index (χ3v) is 9.47. The SMILES string of the molecule is COC(=O)C(OC(=O)C1(c2ccccc2)CCC(N2CCC(c3ccccc3F)CC2)CC1)c1cc(C(F)(F)F)cc(C(F)(F)F)c1. The molecule has 0 aromatic heterocycles. The number of hydrogen-bond acceptors (Lipinski definition) is 5. The number of halogens is 7. The van der Waals surface area contributed by atoms with Gasteiger partial charge in [0.1, 0.15) is 5.82 Å². The Kier molecular flexibility index (Phi) is 10.0. The van der Waals surface area contributed by atoms with Crippen LogP contribution in [0.25, 0.3) is 0 Å². The molecule has 1 atom stereocenters. The summed E-state index contributed by atoms with van der Waals surface area (Å²) < 4.78 is 106. The van der Waals surface area contributed by atoms with E-state index >= 15 is 0 Å².